The van der Waals surface area contributed by atoms with Crippen LogP contribution in [0.25, 0.3) is 0 Å². The van der Waals surface area contributed by atoms with Gasteiger partial charge in [-0.3, -0.25) is 13.9 Å². The summed E-state index contributed by atoms with van der Waals surface area (Å²) in [4.78, 5) is 11.6. The number of hydrogen-bond acceptors (Lipinski definition) is 3. The van der Waals surface area contributed by atoms with Crippen molar-refractivity contribution in [2.45, 2.75) is 40.0 Å². The zero-order valence-electron chi connectivity index (χ0n) is 9.73. The normalized spacial score (nSPS) is 33.7. The summed E-state index contributed by atoms with van der Waals surface area (Å²) in [6.07, 6.45) is 3.25. The minimum atomic E-state index is -4.67. The molecule has 0 aliphatic heterocycles. The standard InChI is InChI=1S/C10H16O.Na.H2O4S.H/c1-9(2)7-4-5-10(9,3)8(11)6-7;;1-5(2,3)4;/h7H,4-6H2,1-3H3;;(H2,1,2,3,4);. The number of carbonyl (C=O) groups is 1. The third-order valence-corrected chi connectivity index (χ3v) is 4.48. The van der Waals surface area contributed by atoms with Crippen LogP contribution in [0.2, 0.25) is 0 Å². The van der Waals surface area contributed by atoms with Crippen LogP contribution >= 0.6 is 0 Å². The molecule has 0 heterocycles. The van der Waals surface area contributed by atoms with E-state index in [-0.39, 0.29) is 40.4 Å². The summed E-state index contributed by atoms with van der Waals surface area (Å²) in [7, 11) is -4.67. The number of hydrogen-bond donors (Lipinski definition) is 2. The summed E-state index contributed by atoms with van der Waals surface area (Å²) in [5.74, 6) is 1.19. The van der Waals surface area contributed by atoms with Crippen molar-refractivity contribution >= 4 is 45.7 Å². The van der Waals surface area contributed by atoms with E-state index in [1.165, 1.54) is 6.42 Å². The molecule has 2 bridgehead atoms. The van der Waals surface area contributed by atoms with Crippen LogP contribution in [0.15, 0.2) is 0 Å². The molecule has 0 radical (unpaired) electrons. The predicted molar refractivity (Wildman–Crippen MR) is 65.6 cm³/mol. The predicted octanol–water partition coefficient (Wildman–Crippen LogP) is 1.10. The van der Waals surface area contributed by atoms with E-state index < -0.39 is 10.4 Å². The Balaban J connectivity index is 0.000000373. The first kappa shape index (κ1) is 17.5. The van der Waals surface area contributed by atoms with E-state index in [4.69, 9.17) is 17.5 Å². The van der Waals surface area contributed by atoms with Crippen LogP contribution < -0.4 is 0 Å². The average molecular weight is 274 g/mol. The summed E-state index contributed by atoms with van der Waals surface area (Å²) >= 11 is 0. The Morgan fingerprint density at radius 3 is 1.76 bits per heavy atom. The van der Waals surface area contributed by atoms with Crippen molar-refractivity contribution < 1.29 is 22.3 Å². The van der Waals surface area contributed by atoms with Crippen LogP contribution in [0.1, 0.15) is 40.0 Å². The van der Waals surface area contributed by atoms with Crippen molar-refractivity contribution in [3.63, 3.8) is 0 Å². The van der Waals surface area contributed by atoms with Gasteiger partial charge < -0.3 is 0 Å². The second-order valence-electron chi connectivity index (χ2n) is 5.36. The average Bonchev–Trinajstić information content (AvgIpc) is 2.33. The maximum atomic E-state index is 11.6. The number of fused-ring (bicyclic) bond motifs is 2. The Kier molecular flexibility index (Phi) is 5.43. The van der Waals surface area contributed by atoms with E-state index in [0.29, 0.717) is 11.7 Å². The molecule has 5 nitrogen and oxygen atoms in total. The second-order valence-corrected chi connectivity index (χ2v) is 6.26. The van der Waals surface area contributed by atoms with Gasteiger partial charge in [0.05, 0.1) is 0 Å². The molecular weight excluding hydrogens is 255 g/mol. The van der Waals surface area contributed by atoms with Crippen molar-refractivity contribution in [1.29, 1.82) is 0 Å². The van der Waals surface area contributed by atoms with E-state index in [2.05, 4.69) is 20.8 Å². The maximum absolute atomic E-state index is 11.6. The third-order valence-electron chi connectivity index (χ3n) is 4.48. The van der Waals surface area contributed by atoms with Gasteiger partial charge in [0.2, 0.25) is 0 Å². The Morgan fingerprint density at radius 1 is 1.24 bits per heavy atom. The van der Waals surface area contributed by atoms with Crippen LogP contribution in [-0.4, -0.2) is 52.9 Å². The summed E-state index contributed by atoms with van der Waals surface area (Å²) in [6.45, 7) is 6.67. The minimum absolute atomic E-state index is 0. The van der Waals surface area contributed by atoms with E-state index in [9.17, 15) is 4.79 Å². The van der Waals surface area contributed by atoms with Crippen molar-refractivity contribution in [3.8, 4) is 0 Å². The van der Waals surface area contributed by atoms with Crippen LogP contribution in [0, 0.1) is 16.7 Å². The molecule has 0 amide bonds. The number of Topliss-reactive ketones (excluding diaryl/α,β-unsaturated/α-hetero) is 1. The van der Waals surface area contributed by atoms with E-state index in [1.807, 2.05) is 0 Å². The number of ketones is 1. The van der Waals surface area contributed by atoms with Crippen LogP contribution in [0.4, 0.5) is 0 Å². The molecular formula is C10H19NaO5S. The fourth-order valence-corrected chi connectivity index (χ4v) is 2.90. The fraction of sp³-hybridized carbons (Fsp3) is 0.900. The van der Waals surface area contributed by atoms with Gasteiger partial charge in [0.1, 0.15) is 5.78 Å². The molecule has 0 spiro atoms. The number of carbonyl (C=O) groups excluding carboxylic acids is 1. The van der Waals surface area contributed by atoms with Gasteiger partial charge in [-0.2, -0.15) is 8.42 Å². The van der Waals surface area contributed by atoms with Crippen molar-refractivity contribution in [2.24, 2.45) is 16.7 Å². The molecule has 96 valence electrons. The molecule has 2 saturated carbocycles. The molecule has 2 aliphatic rings. The van der Waals surface area contributed by atoms with E-state index >= 15 is 0 Å². The number of rotatable bonds is 0. The molecule has 0 aromatic heterocycles. The second kappa shape index (κ2) is 5.27. The van der Waals surface area contributed by atoms with Gasteiger partial charge in [-0.15, -0.1) is 0 Å². The molecule has 2 atom stereocenters. The molecule has 7 heteroatoms. The summed E-state index contributed by atoms with van der Waals surface area (Å²) < 4.78 is 31.6. The molecule has 2 N–H and O–H groups in total. The van der Waals surface area contributed by atoms with Gasteiger partial charge in [-0.25, -0.2) is 0 Å². The molecule has 0 aromatic rings. The molecule has 0 aromatic carbocycles. The summed E-state index contributed by atoms with van der Waals surface area (Å²) in [5.41, 5.74) is 0.307. The fourth-order valence-electron chi connectivity index (χ4n) is 2.90. The Morgan fingerprint density at radius 2 is 1.65 bits per heavy atom. The molecule has 2 fully saturated rings. The topological polar surface area (TPSA) is 91.7 Å². The van der Waals surface area contributed by atoms with E-state index in [0.717, 1.165) is 12.8 Å². The van der Waals surface area contributed by atoms with Gasteiger partial charge >= 0.3 is 40.0 Å². The van der Waals surface area contributed by atoms with Gasteiger partial charge in [0, 0.05) is 11.8 Å². The van der Waals surface area contributed by atoms with Gasteiger partial charge in [0.15, 0.2) is 0 Å². The SMILES string of the molecule is CC12CCC(CC1=O)C2(C)C.O=S(=O)(O)O.[NaH]. The summed E-state index contributed by atoms with van der Waals surface area (Å²) in [6, 6.07) is 0. The molecule has 2 rings (SSSR count). The van der Waals surface area contributed by atoms with Crippen molar-refractivity contribution in [3.05, 3.63) is 0 Å². The zero-order chi connectivity index (χ0) is 12.8. The molecule has 17 heavy (non-hydrogen) atoms. The Bertz CT molecular complexity index is 395. The van der Waals surface area contributed by atoms with Gasteiger partial charge in [0.25, 0.3) is 0 Å². The zero-order valence-corrected chi connectivity index (χ0v) is 10.5. The first-order chi connectivity index (χ1) is 6.98. The summed E-state index contributed by atoms with van der Waals surface area (Å²) in [5, 5.41) is 0. The quantitative estimate of drug-likeness (QED) is 0.510. The van der Waals surface area contributed by atoms with Crippen LogP contribution in [0.5, 0.6) is 0 Å². The Hall–Kier alpha value is 0.540. The first-order valence-corrected chi connectivity index (χ1v) is 6.61. The molecule has 2 aliphatic carbocycles. The Labute approximate surface area is 124 Å². The molecule has 2 unspecified atom stereocenters. The van der Waals surface area contributed by atoms with E-state index in [1.54, 1.807) is 0 Å². The first-order valence-electron chi connectivity index (χ1n) is 5.21. The van der Waals surface area contributed by atoms with Crippen molar-refractivity contribution in [2.75, 3.05) is 0 Å². The third kappa shape index (κ3) is 3.52. The van der Waals surface area contributed by atoms with Crippen LogP contribution in [0.3, 0.4) is 0 Å². The molecule has 0 saturated heterocycles. The van der Waals surface area contributed by atoms with Gasteiger partial charge in [-0.1, -0.05) is 20.8 Å². The monoisotopic (exact) mass is 274 g/mol. The van der Waals surface area contributed by atoms with Crippen molar-refractivity contribution in [1.82, 2.24) is 0 Å². The van der Waals surface area contributed by atoms with Gasteiger partial charge in [-0.05, 0) is 24.2 Å². The van der Waals surface area contributed by atoms with Crippen LogP contribution in [-0.2, 0) is 15.2 Å².